The van der Waals surface area contributed by atoms with Crippen LogP contribution >= 0.6 is 0 Å². The highest BCUT2D eigenvalue weighted by Crippen LogP contribution is 2.34. The Morgan fingerprint density at radius 2 is 2.00 bits per heavy atom. The maximum atomic E-state index is 11.5. The SMILES string of the molecule is CCC(N)C(=O)NCC1(C)CCCCC1. The van der Waals surface area contributed by atoms with Crippen molar-refractivity contribution >= 4 is 5.91 Å². The maximum absolute atomic E-state index is 11.5. The van der Waals surface area contributed by atoms with E-state index in [2.05, 4.69) is 12.2 Å². The van der Waals surface area contributed by atoms with Gasteiger partial charge >= 0.3 is 0 Å². The Labute approximate surface area is 92.8 Å². The summed E-state index contributed by atoms with van der Waals surface area (Å²) in [6.07, 6.45) is 7.11. The van der Waals surface area contributed by atoms with E-state index in [-0.39, 0.29) is 11.9 Å². The number of rotatable bonds is 4. The molecule has 1 rings (SSSR count). The molecule has 0 saturated heterocycles. The summed E-state index contributed by atoms with van der Waals surface area (Å²) in [5, 5.41) is 2.98. The van der Waals surface area contributed by atoms with Crippen molar-refractivity contribution in [3.05, 3.63) is 0 Å². The minimum absolute atomic E-state index is 0.00398. The lowest BCUT2D eigenvalue weighted by atomic mass is 9.76. The van der Waals surface area contributed by atoms with Gasteiger partial charge < -0.3 is 11.1 Å². The topological polar surface area (TPSA) is 55.1 Å². The first-order valence-corrected chi connectivity index (χ1v) is 6.11. The van der Waals surface area contributed by atoms with E-state index in [9.17, 15) is 4.79 Å². The average Bonchev–Trinajstić information content (AvgIpc) is 2.26. The molecule has 1 aliphatic rings. The van der Waals surface area contributed by atoms with Gasteiger partial charge in [-0.2, -0.15) is 0 Å². The molecule has 0 aliphatic heterocycles. The lowest BCUT2D eigenvalue weighted by molar-refractivity contribution is -0.123. The third-order valence-corrected chi connectivity index (χ3v) is 3.53. The van der Waals surface area contributed by atoms with Crippen LogP contribution in [0.3, 0.4) is 0 Å². The molecule has 0 aromatic carbocycles. The van der Waals surface area contributed by atoms with Gasteiger partial charge in [0.05, 0.1) is 6.04 Å². The van der Waals surface area contributed by atoms with Crippen LogP contribution in [0.15, 0.2) is 0 Å². The van der Waals surface area contributed by atoms with E-state index in [1.165, 1.54) is 32.1 Å². The van der Waals surface area contributed by atoms with Crippen molar-refractivity contribution in [2.24, 2.45) is 11.1 Å². The summed E-state index contributed by atoms with van der Waals surface area (Å²) >= 11 is 0. The van der Waals surface area contributed by atoms with Gasteiger partial charge in [0.25, 0.3) is 0 Å². The predicted octanol–water partition coefficient (Wildman–Crippen LogP) is 1.81. The number of amides is 1. The third-order valence-electron chi connectivity index (χ3n) is 3.53. The van der Waals surface area contributed by atoms with Crippen molar-refractivity contribution in [1.29, 1.82) is 0 Å². The quantitative estimate of drug-likeness (QED) is 0.746. The second-order valence-corrected chi connectivity index (χ2v) is 5.10. The number of nitrogens with two attached hydrogens (primary N) is 1. The highest BCUT2D eigenvalue weighted by Gasteiger charge is 2.27. The van der Waals surface area contributed by atoms with Crippen LogP contribution in [0.4, 0.5) is 0 Å². The molecule has 1 saturated carbocycles. The van der Waals surface area contributed by atoms with Crippen LogP contribution in [-0.2, 0) is 4.79 Å². The van der Waals surface area contributed by atoms with Gasteiger partial charge in [-0.05, 0) is 24.7 Å². The van der Waals surface area contributed by atoms with Crippen LogP contribution in [0.25, 0.3) is 0 Å². The molecule has 0 spiro atoms. The zero-order valence-corrected chi connectivity index (χ0v) is 10.0. The van der Waals surface area contributed by atoms with Crippen molar-refractivity contribution in [2.45, 2.75) is 58.4 Å². The summed E-state index contributed by atoms with van der Waals surface area (Å²) in [5.74, 6) is 0.00398. The van der Waals surface area contributed by atoms with Crippen LogP contribution in [0, 0.1) is 5.41 Å². The molecule has 1 atom stereocenters. The highest BCUT2D eigenvalue weighted by molar-refractivity contribution is 5.81. The summed E-state index contributed by atoms with van der Waals surface area (Å²) in [5.41, 5.74) is 5.97. The van der Waals surface area contributed by atoms with Gasteiger partial charge in [-0.15, -0.1) is 0 Å². The van der Waals surface area contributed by atoms with Crippen molar-refractivity contribution in [3.8, 4) is 0 Å². The summed E-state index contributed by atoms with van der Waals surface area (Å²) in [7, 11) is 0. The molecule has 0 heterocycles. The number of carbonyl (C=O) groups excluding carboxylic acids is 1. The van der Waals surface area contributed by atoms with E-state index >= 15 is 0 Å². The molecule has 3 nitrogen and oxygen atoms in total. The van der Waals surface area contributed by atoms with E-state index < -0.39 is 0 Å². The Hall–Kier alpha value is -0.570. The van der Waals surface area contributed by atoms with Crippen molar-refractivity contribution < 1.29 is 4.79 Å². The van der Waals surface area contributed by atoms with Crippen LogP contribution in [0.2, 0.25) is 0 Å². The minimum Gasteiger partial charge on any atom is -0.354 e. The molecule has 0 radical (unpaired) electrons. The molecule has 1 unspecified atom stereocenters. The van der Waals surface area contributed by atoms with Gasteiger partial charge in [0.1, 0.15) is 0 Å². The normalized spacial score (nSPS) is 22.1. The average molecular weight is 212 g/mol. The molecule has 15 heavy (non-hydrogen) atoms. The highest BCUT2D eigenvalue weighted by atomic mass is 16.2. The van der Waals surface area contributed by atoms with Crippen LogP contribution in [-0.4, -0.2) is 18.5 Å². The number of carbonyl (C=O) groups is 1. The largest absolute Gasteiger partial charge is 0.354 e. The summed E-state index contributed by atoms with van der Waals surface area (Å²) in [6, 6.07) is -0.336. The van der Waals surface area contributed by atoms with E-state index in [4.69, 9.17) is 5.73 Å². The molecule has 3 N–H and O–H groups in total. The van der Waals surface area contributed by atoms with Gasteiger partial charge in [0.2, 0.25) is 5.91 Å². The zero-order chi connectivity index (χ0) is 11.3. The van der Waals surface area contributed by atoms with Gasteiger partial charge in [0, 0.05) is 6.54 Å². The Morgan fingerprint density at radius 1 is 1.40 bits per heavy atom. The third kappa shape index (κ3) is 3.82. The summed E-state index contributed by atoms with van der Waals surface area (Å²) in [6.45, 7) is 5.00. The van der Waals surface area contributed by atoms with Gasteiger partial charge in [-0.25, -0.2) is 0 Å². The fourth-order valence-electron chi connectivity index (χ4n) is 2.20. The lowest BCUT2D eigenvalue weighted by Gasteiger charge is -2.33. The van der Waals surface area contributed by atoms with Gasteiger partial charge in [-0.1, -0.05) is 33.1 Å². The molecule has 1 fully saturated rings. The number of hydrogen-bond donors (Lipinski definition) is 2. The molecular formula is C12H24N2O. The van der Waals surface area contributed by atoms with Gasteiger partial charge in [0.15, 0.2) is 0 Å². The number of hydrogen-bond acceptors (Lipinski definition) is 2. The fourth-order valence-corrected chi connectivity index (χ4v) is 2.20. The van der Waals surface area contributed by atoms with E-state index in [1.807, 2.05) is 6.92 Å². The molecule has 3 heteroatoms. The molecule has 0 aromatic heterocycles. The predicted molar refractivity (Wildman–Crippen MR) is 62.5 cm³/mol. The standard InChI is InChI=1S/C12H24N2O/c1-3-10(13)11(15)14-9-12(2)7-5-4-6-8-12/h10H,3-9,13H2,1-2H3,(H,14,15). The van der Waals surface area contributed by atoms with E-state index in [0.717, 1.165) is 6.54 Å². The van der Waals surface area contributed by atoms with Crippen molar-refractivity contribution in [1.82, 2.24) is 5.32 Å². The molecule has 1 aliphatic carbocycles. The van der Waals surface area contributed by atoms with E-state index in [1.54, 1.807) is 0 Å². The second kappa shape index (κ2) is 5.50. The molecule has 0 bridgehead atoms. The Kier molecular flexibility index (Phi) is 4.58. The maximum Gasteiger partial charge on any atom is 0.236 e. The smallest absolute Gasteiger partial charge is 0.236 e. The van der Waals surface area contributed by atoms with Crippen molar-refractivity contribution in [2.75, 3.05) is 6.54 Å². The monoisotopic (exact) mass is 212 g/mol. The first-order valence-electron chi connectivity index (χ1n) is 6.11. The first kappa shape index (κ1) is 12.5. The zero-order valence-electron chi connectivity index (χ0n) is 10.0. The van der Waals surface area contributed by atoms with Gasteiger partial charge in [-0.3, -0.25) is 4.79 Å². The van der Waals surface area contributed by atoms with Crippen molar-refractivity contribution in [3.63, 3.8) is 0 Å². The van der Waals surface area contributed by atoms with Crippen LogP contribution in [0.1, 0.15) is 52.4 Å². The Morgan fingerprint density at radius 3 is 2.53 bits per heavy atom. The van der Waals surface area contributed by atoms with Crippen LogP contribution in [0.5, 0.6) is 0 Å². The number of nitrogens with one attached hydrogen (secondary N) is 1. The summed E-state index contributed by atoms with van der Waals surface area (Å²) in [4.78, 5) is 11.5. The fraction of sp³-hybridized carbons (Fsp3) is 0.917. The molecule has 88 valence electrons. The molecule has 0 aromatic rings. The van der Waals surface area contributed by atoms with Crippen LogP contribution < -0.4 is 11.1 Å². The Balaban J connectivity index is 2.31. The molecular weight excluding hydrogens is 188 g/mol. The second-order valence-electron chi connectivity index (χ2n) is 5.10. The Bertz CT molecular complexity index is 210. The lowest BCUT2D eigenvalue weighted by Crippen LogP contribution is -2.44. The first-order chi connectivity index (χ1) is 7.07. The molecule has 1 amide bonds. The van der Waals surface area contributed by atoms with E-state index in [0.29, 0.717) is 11.8 Å². The summed E-state index contributed by atoms with van der Waals surface area (Å²) < 4.78 is 0. The minimum atomic E-state index is -0.336.